The Labute approximate surface area is 82.5 Å². The number of carboxylic acids is 1. The first-order chi connectivity index (χ1) is 6.70. The molecule has 72 valence electrons. The van der Waals surface area contributed by atoms with Gasteiger partial charge in [0.2, 0.25) is 0 Å². The van der Waals surface area contributed by atoms with Crippen molar-refractivity contribution in [1.82, 2.24) is 15.4 Å². The molecular weight excluding hydrogens is 210 g/mol. The molecule has 2 aromatic heterocycles. The first-order valence-electron chi connectivity index (χ1n) is 3.57. The van der Waals surface area contributed by atoms with Crippen LogP contribution in [0.15, 0.2) is 17.0 Å². The van der Waals surface area contributed by atoms with Crippen LogP contribution in [0.4, 0.5) is 0 Å². The van der Waals surface area contributed by atoms with Crippen molar-refractivity contribution in [3.05, 3.63) is 23.2 Å². The highest BCUT2D eigenvalue weighted by Crippen LogP contribution is 2.25. The van der Waals surface area contributed by atoms with Crippen LogP contribution in [0.25, 0.3) is 11.3 Å². The third kappa shape index (κ3) is 1.25. The SMILES string of the molecule is O=C(O)c1c(-c2cnoc2)n[nH]c1Cl. The Balaban J connectivity index is 2.60. The molecule has 0 saturated carbocycles. The quantitative estimate of drug-likeness (QED) is 0.787. The molecule has 0 amide bonds. The zero-order valence-electron chi connectivity index (χ0n) is 6.69. The van der Waals surface area contributed by atoms with Gasteiger partial charge in [-0.3, -0.25) is 5.10 Å². The molecule has 0 aliphatic rings. The van der Waals surface area contributed by atoms with Gasteiger partial charge in [0.1, 0.15) is 22.7 Å². The summed E-state index contributed by atoms with van der Waals surface area (Å²) in [6.07, 6.45) is 2.65. The molecule has 2 heterocycles. The predicted octanol–water partition coefficient (Wildman–Crippen LogP) is 1.42. The molecular formula is C7H4ClN3O3. The highest BCUT2D eigenvalue weighted by atomic mass is 35.5. The summed E-state index contributed by atoms with van der Waals surface area (Å²) in [6, 6.07) is 0. The Hall–Kier alpha value is -1.82. The number of nitrogens with zero attached hydrogens (tertiary/aromatic N) is 2. The van der Waals surface area contributed by atoms with Crippen molar-refractivity contribution in [2.24, 2.45) is 0 Å². The lowest BCUT2D eigenvalue weighted by Gasteiger charge is -1.92. The Bertz CT molecular complexity index is 462. The maximum Gasteiger partial charge on any atom is 0.341 e. The van der Waals surface area contributed by atoms with Crippen molar-refractivity contribution in [3.63, 3.8) is 0 Å². The largest absolute Gasteiger partial charge is 0.478 e. The van der Waals surface area contributed by atoms with Crippen LogP contribution >= 0.6 is 11.6 Å². The topological polar surface area (TPSA) is 92.0 Å². The van der Waals surface area contributed by atoms with E-state index in [9.17, 15) is 4.79 Å². The van der Waals surface area contributed by atoms with Gasteiger partial charge >= 0.3 is 5.97 Å². The summed E-state index contributed by atoms with van der Waals surface area (Å²) in [6.45, 7) is 0. The Morgan fingerprint density at radius 2 is 2.43 bits per heavy atom. The zero-order chi connectivity index (χ0) is 10.1. The minimum Gasteiger partial charge on any atom is -0.478 e. The standard InChI is InChI=1S/C7H4ClN3O3/c8-6-4(7(12)13)5(10-11-6)3-1-9-14-2-3/h1-2H,(H,10,11)(H,12,13). The average molecular weight is 214 g/mol. The summed E-state index contributed by atoms with van der Waals surface area (Å²) in [5, 5.41) is 18.4. The lowest BCUT2D eigenvalue weighted by molar-refractivity contribution is 0.0698. The fourth-order valence-corrected chi connectivity index (χ4v) is 1.26. The van der Waals surface area contributed by atoms with Gasteiger partial charge in [-0.05, 0) is 0 Å². The number of carboxylic acid groups (broad SMARTS) is 1. The number of halogens is 1. The van der Waals surface area contributed by atoms with Crippen LogP contribution in [0.2, 0.25) is 5.15 Å². The number of hydrogen-bond acceptors (Lipinski definition) is 4. The average Bonchev–Trinajstić information content (AvgIpc) is 2.70. The number of aromatic nitrogens is 3. The smallest absolute Gasteiger partial charge is 0.341 e. The van der Waals surface area contributed by atoms with E-state index in [2.05, 4.69) is 19.9 Å². The molecule has 0 fully saturated rings. The molecule has 0 radical (unpaired) electrons. The lowest BCUT2D eigenvalue weighted by atomic mass is 10.2. The minimum atomic E-state index is -1.15. The van der Waals surface area contributed by atoms with Crippen LogP contribution in [0.3, 0.4) is 0 Å². The molecule has 6 nitrogen and oxygen atoms in total. The predicted molar refractivity (Wildman–Crippen MR) is 46.1 cm³/mol. The van der Waals surface area contributed by atoms with Gasteiger partial charge in [-0.15, -0.1) is 0 Å². The molecule has 0 aromatic carbocycles. The van der Waals surface area contributed by atoms with E-state index in [-0.39, 0.29) is 16.4 Å². The maximum atomic E-state index is 10.8. The van der Waals surface area contributed by atoms with E-state index in [0.717, 1.165) is 0 Å². The first-order valence-corrected chi connectivity index (χ1v) is 3.95. The zero-order valence-corrected chi connectivity index (χ0v) is 7.45. The molecule has 2 aromatic rings. The van der Waals surface area contributed by atoms with Gasteiger partial charge in [0.25, 0.3) is 0 Å². The second kappa shape index (κ2) is 3.15. The van der Waals surface area contributed by atoms with Crippen LogP contribution in [-0.2, 0) is 0 Å². The lowest BCUT2D eigenvalue weighted by Crippen LogP contribution is -1.97. The van der Waals surface area contributed by atoms with E-state index >= 15 is 0 Å². The summed E-state index contributed by atoms with van der Waals surface area (Å²) in [5.41, 5.74) is 0.587. The molecule has 0 atom stereocenters. The molecule has 2 N–H and O–H groups in total. The number of aromatic amines is 1. The summed E-state index contributed by atoms with van der Waals surface area (Å²) in [4.78, 5) is 10.8. The van der Waals surface area contributed by atoms with Gasteiger partial charge in [-0.25, -0.2) is 4.79 Å². The summed E-state index contributed by atoms with van der Waals surface area (Å²) in [5.74, 6) is -1.15. The van der Waals surface area contributed by atoms with E-state index < -0.39 is 5.97 Å². The maximum absolute atomic E-state index is 10.8. The van der Waals surface area contributed by atoms with Crippen molar-refractivity contribution in [2.45, 2.75) is 0 Å². The van der Waals surface area contributed by atoms with E-state index in [1.165, 1.54) is 12.5 Å². The highest BCUT2D eigenvalue weighted by Gasteiger charge is 2.20. The minimum absolute atomic E-state index is 0.0197. The van der Waals surface area contributed by atoms with Crippen molar-refractivity contribution >= 4 is 17.6 Å². The number of rotatable bonds is 2. The Morgan fingerprint density at radius 3 is 3.00 bits per heavy atom. The van der Waals surface area contributed by atoms with E-state index in [0.29, 0.717) is 5.56 Å². The molecule has 0 saturated heterocycles. The Morgan fingerprint density at radius 1 is 1.64 bits per heavy atom. The fourth-order valence-electron chi connectivity index (χ4n) is 1.05. The highest BCUT2D eigenvalue weighted by molar-refractivity contribution is 6.33. The summed E-state index contributed by atoms with van der Waals surface area (Å²) in [7, 11) is 0. The van der Waals surface area contributed by atoms with Gasteiger partial charge in [-0.2, -0.15) is 5.10 Å². The molecule has 7 heteroatoms. The fraction of sp³-hybridized carbons (Fsp3) is 0. The van der Waals surface area contributed by atoms with Crippen LogP contribution in [-0.4, -0.2) is 26.4 Å². The molecule has 0 unspecified atom stereocenters. The molecule has 2 rings (SSSR count). The molecule has 14 heavy (non-hydrogen) atoms. The number of carbonyl (C=O) groups is 1. The molecule has 0 spiro atoms. The third-order valence-electron chi connectivity index (χ3n) is 1.64. The van der Waals surface area contributed by atoms with Crippen molar-refractivity contribution in [2.75, 3.05) is 0 Å². The van der Waals surface area contributed by atoms with Gasteiger partial charge in [0, 0.05) is 0 Å². The van der Waals surface area contributed by atoms with E-state index in [4.69, 9.17) is 16.7 Å². The summed E-state index contributed by atoms with van der Waals surface area (Å²) >= 11 is 5.61. The van der Waals surface area contributed by atoms with Crippen molar-refractivity contribution in [3.8, 4) is 11.3 Å². The van der Waals surface area contributed by atoms with Crippen LogP contribution in [0, 0.1) is 0 Å². The second-order valence-electron chi connectivity index (χ2n) is 2.48. The van der Waals surface area contributed by atoms with Gasteiger partial charge in [-0.1, -0.05) is 16.8 Å². The molecule has 0 aliphatic heterocycles. The molecule has 0 aliphatic carbocycles. The first kappa shape index (κ1) is 8.76. The Kier molecular flexibility index (Phi) is 1.97. The van der Waals surface area contributed by atoms with Gasteiger partial charge in [0.05, 0.1) is 11.8 Å². The van der Waals surface area contributed by atoms with E-state index in [1.807, 2.05) is 0 Å². The van der Waals surface area contributed by atoms with Crippen LogP contribution in [0.5, 0.6) is 0 Å². The number of nitrogens with one attached hydrogen (secondary N) is 1. The normalized spacial score (nSPS) is 10.4. The number of hydrogen-bond donors (Lipinski definition) is 2. The van der Waals surface area contributed by atoms with Crippen molar-refractivity contribution in [1.29, 1.82) is 0 Å². The van der Waals surface area contributed by atoms with Crippen molar-refractivity contribution < 1.29 is 14.4 Å². The third-order valence-corrected chi connectivity index (χ3v) is 1.92. The van der Waals surface area contributed by atoms with Crippen LogP contribution < -0.4 is 0 Å². The number of H-pyrrole nitrogens is 1. The van der Waals surface area contributed by atoms with E-state index in [1.54, 1.807) is 0 Å². The van der Waals surface area contributed by atoms with Crippen LogP contribution in [0.1, 0.15) is 10.4 Å². The molecule has 0 bridgehead atoms. The summed E-state index contributed by atoms with van der Waals surface area (Å²) < 4.78 is 4.57. The van der Waals surface area contributed by atoms with Gasteiger partial charge < -0.3 is 9.63 Å². The monoisotopic (exact) mass is 213 g/mol. The van der Waals surface area contributed by atoms with Gasteiger partial charge in [0.15, 0.2) is 0 Å². The number of aromatic carboxylic acids is 1. The second-order valence-corrected chi connectivity index (χ2v) is 2.86.